The van der Waals surface area contributed by atoms with Crippen molar-refractivity contribution in [1.82, 2.24) is 4.98 Å². The third-order valence-corrected chi connectivity index (χ3v) is 6.99. The van der Waals surface area contributed by atoms with Crippen molar-refractivity contribution in [1.29, 1.82) is 0 Å². The Hall–Kier alpha value is -1.46. The second-order valence-corrected chi connectivity index (χ2v) is 10.9. The summed E-state index contributed by atoms with van der Waals surface area (Å²) in [5.41, 5.74) is 2.11. The van der Waals surface area contributed by atoms with Crippen molar-refractivity contribution in [3.8, 4) is 0 Å². The van der Waals surface area contributed by atoms with Crippen LogP contribution in [-0.2, 0) is 14.3 Å². The standard InChI is InChI=1S/C25H37NO3S/c1-17-9-7-6-8-10-21-23(28-21)14-22(18(2)13-20-16-30-19(3)26-20)29-24(27)11-12-25(4,5)15-17/h6,8,13,16-17,21-23H,7,9-12,14-15H2,1-5H3/t17-,21-,22?,23?/m1/s1. The molecule has 1 aromatic heterocycles. The van der Waals surface area contributed by atoms with Crippen molar-refractivity contribution < 1.29 is 14.3 Å². The van der Waals surface area contributed by atoms with Crippen LogP contribution in [0.2, 0.25) is 0 Å². The molecule has 3 heterocycles. The number of ether oxygens (including phenoxy) is 2. The average Bonchev–Trinajstić information content (AvgIpc) is 3.27. The molecule has 1 fully saturated rings. The number of hydrogen-bond donors (Lipinski definition) is 0. The molecule has 0 saturated carbocycles. The molecule has 2 aliphatic heterocycles. The number of carbonyl (C=O) groups is 1. The van der Waals surface area contributed by atoms with Gasteiger partial charge in [0.05, 0.1) is 22.9 Å². The van der Waals surface area contributed by atoms with Crippen LogP contribution in [0.1, 0.15) is 83.3 Å². The van der Waals surface area contributed by atoms with Crippen LogP contribution >= 0.6 is 11.3 Å². The first kappa shape index (κ1) is 23.2. The highest BCUT2D eigenvalue weighted by Gasteiger charge is 2.40. The van der Waals surface area contributed by atoms with E-state index in [9.17, 15) is 4.79 Å². The highest BCUT2D eigenvalue weighted by molar-refractivity contribution is 7.09. The smallest absolute Gasteiger partial charge is 0.306 e. The molecule has 1 saturated heterocycles. The number of allylic oxidation sites excluding steroid dienone is 1. The van der Waals surface area contributed by atoms with Crippen molar-refractivity contribution in [2.24, 2.45) is 11.3 Å². The van der Waals surface area contributed by atoms with Gasteiger partial charge in [-0.3, -0.25) is 4.79 Å². The fraction of sp³-hybridized carbons (Fsp3) is 0.680. The maximum Gasteiger partial charge on any atom is 0.306 e. The predicted molar refractivity (Wildman–Crippen MR) is 123 cm³/mol. The van der Waals surface area contributed by atoms with E-state index in [1.165, 1.54) is 6.42 Å². The number of aromatic nitrogens is 1. The molecule has 0 spiro atoms. The van der Waals surface area contributed by atoms with E-state index in [0.29, 0.717) is 12.3 Å². The summed E-state index contributed by atoms with van der Waals surface area (Å²) in [6, 6.07) is 0. The Balaban J connectivity index is 1.72. The van der Waals surface area contributed by atoms with E-state index in [1.54, 1.807) is 11.3 Å². The summed E-state index contributed by atoms with van der Waals surface area (Å²) in [7, 11) is 0. The number of thiazole rings is 1. The third kappa shape index (κ3) is 7.35. The monoisotopic (exact) mass is 431 g/mol. The van der Waals surface area contributed by atoms with E-state index < -0.39 is 0 Å². The molecule has 0 N–H and O–H groups in total. The number of epoxide rings is 1. The van der Waals surface area contributed by atoms with Gasteiger partial charge < -0.3 is 9.47 Å². The number of fused-ring (bicyclic) bond motifs is 1. The van der Waals surface area contributed by atoms with Gasteiger partial charge in [0.25, 0.3) is 0 Å². The topological polar surface area (TPSA) is 51.7 Å². The maximum atomic E-state index is 12.7. The highest BCUT2D eigenvalue weighted by Crippen LogP contribution is 2.35. The molecule has 2 unspecified atom stereocenters. The van der Waals surface area contributed by atoms with Crippen LogP contribution in [0.4, 0.5) is 0 Å². The van der Waals surface area contributed by atoms with Gasteiger partial charge in [0.2, 0.25) is 0 Å². The summed E-state index contributed by atoms with van der Waals surface area (Å²) in [5.74, 6) is 0.546. The summed E-state index contributed by atoms with van der Waals surface area (Å²) in [6.07, 6.45) is 13.2. The molecule has 0 aliphatic carbocycles. The zero-order valence-corrected chi connectivity index (χ0v) is 20.0. The van der Waals surface area contributed by atoms with E-state index >= 15 is 0 Å². The minimum atomic E-state index is -0.256. The van der Waals surface area contributed by atoms with Gasteiger partial charge in [0.1, 0.15) is 6.10 Å². The van der Waals surface area contributed by atoms with Crippen molar-refractivity contribution in [2.75, 3.05) is 0 Å². The first-order valence-corrected chi connectivity index (χ1v) is 12.2. The van der Waals surface area contributed by atoms with E-state index in [0.717, 1.165) is 48.4 Å². The number of hydrogen-bond acceptors (Lipinski definition) is 5. The molecule has 166 valence electrons. The number of aryl methyl sites for hydroxylation is 1. The molecular formula is C25H37NO3S. The van der Waals surface area contributed by atoms with Gasteiger partial charge in [-0.05, 0) is 68.9 Å². The summed E-state index contributed by atoms with van der Waals surface area (Å²) in [6.45, 7) is 10.9. The van der Waals surface area contributed by atoms with Crippen LogP contribution in [0.3, 0.4) is 0 Å². The largest absolute Gasteiger partial charge is 0.458 e. The molecule has 0 amide bonds. The fourth-order valence-corrected chi connectivity index (χ4v) is 5.01. The average molecular weight is 432 g/mol. The lowest BCUT2D eigenvalue weighted by atomic mass is 9.78. The first-order chi connectivity index (χ1) is 14.2. The minimum Gasteiger partial charge on any atom is -0.458 e. The summed E-state index contributed by atoms with van der Waals surface area (Å²) in [5, 5.41) is 3.08. The van der Waals surface area contributed by atoms with Crippen LogP contribution < -0.4 is 0 Å². The maximum absolute atomic E-state index is 12.7. The fourth-order valence-electron chi connectivity index (χ4n) is 4.44. The Kier molecular flexibility index (Phi) is 7.92. The van der Waals surface area contributed by atoms with Gasteiger partial charge >= 0.3 is 5.97 Å². The Labute approximate surface area is 185 Å². The van der Waals surface area contributed by atoms with Gasteiger partial charge in [-0.25, -0.2) is 4.98 Å². The highest BCUT2D eigenvalue weighted by atomic mass is 32.1. The Morgan fingerprint density at radius 3 is 2.83 bits per heavy atom. The molecule has 0 bridgehead atoms. The Morgan fingerprint density at radius 1 is 1.30 bits per heavy atom. The molecule has 0 radical (unpaired) electrons. The molecule has 3 rings (SSSR count). The van der Waals surface area contributed by atoms with Crippen LogP contribution in [0, 0.1) is 18.3 Å². The number of rotatable bonds is 2. The van der Waals surface area contributed by atoms with Crippen LogP contribution in [0.15, 0.2) is 23.1 Å². The molecule has 0 aromatic carbocycles. The Bertz CT molecular complexity index is 779. The molecule has 1 aromatic rings. The van der Waals surface area contributed by atoms with Gasteiger partial charge in [0.15, 0.2) is 0 Å². The second-order valence-electron chi connectivity index (χ2n) is 9.86. The van der Waals surface area contributed by atoms with Crippen LogP contribution in [0.5, 0.6) is 0 Å². The van der Waals surface area contributed by atoms with Crippen LogP contribution in [0.25, 0.3) is 6.08 Å². The molecule has 2 aliphatic rings. The van der Waals surface area contributed by atoms with E-state index in [2.05, 4.69) is 37.9 Å². The normalized spacial score (nSPS) is 31.1. The SMILES string of the molecule is CC(=Cc1csc(C)n1)C1CC2O[C@@H]2CC=CCC[C@@H](C)CC(C)(C)CCC(=O)O1. The molecule has 5 heteroatoms. The van der Waals surface area contributed by atoms with Crippen molar-refractivity contribution in [3.05, 3.63) is 33.8 Å². The van der Waals surface area contributed by atoms with E-state index in [1.807, 2.05) is 25.3 Å². The quantitative estimate of drug-likeness (QED) is 0.305. The number of carbonyl (C=O) groups excluding carboxylic acids is 1. The molecule has 4 atom stereocenters. The van der Waals surface area contributed by atoms with Gasteiger partial charge in [-0.2, -0.15) is 0 Å². The molecule has 30 heavy (non-hydrogen) atoms. The zero-order chi connectivity index (χ0) is 21.7. The third-order valence-electron chi connectivity index (χ3n) is 6.20. The minimum absolute atomic E-state index is 0.105. The molecule has 4 nitrogen and oxygen atoms in total. The first-order valence-electron chi connectivity index (χ1n) is 11.3. The summed E-state index contributed by atoms with van der Waals surface area (Å²) >= 11 is 1.63. The van der Waals surface area contributed by atoms with E-state index in [4.69, 9.17) is 9.47 Å². The Morgan fingerprint density at radius 2 is 2.10 bits per heavy atom. The number of nitrogens with zero attached hydrogens (tertiary/aromatic N) is 1. The number of esters is 1. The van der Waals surface area contributed by atoms with Crippen LogP contribution in [-0.4, -0.2) is 29.3 Å². The summed E-state index contributed by atoms with van der Waals surface area (Å²) in [4.78, 5) is 17.2. The lowest BCUT2D eigenvalue weighted by Crippen LogP contribution is -2.24. The number of cyclic esters (lactones) is 1. The van der Waals surface area contributed by atoms with Crippen molar-refractivity contribution in [2.45, 2.75) is 97.9 Å². The predicted octanol–water partition coefficient (Wildman–Crippen LogP) is 6.50. The van der Waals surface area contributed by atoms with Crippen molar-refractivity contribution >= 4 is 23.4 Å². The van der Waals surface area contributed by atoms with E-state index in [-0.39, 0.29) is 29.7 Å². The zero-order valence-electron chi connectivity index (χ0n) is 19.1. The second kappa shape index (κ2) is 10.2. The lowest BCUT2D eigenvalue weighted by molar-refractivity contribution is -0.148. The van der Waals surface area contributed by atoms with Gasteiger partial charge in [-0.1, -0.05) is 32.9 Å². The molecular weight excluding hydrogens is 394 g/mol. The summed E-state index contributed by atoms with van der Waals surface area (Å²) < 4.78 is 11.9. The lowest BCUT2D eigenvalue weighted by Gasteiger charge is -2.28. The van der Waals surface area contributed by atoms with Crippen molar-refractivity contribution in [3.63, 3.8) is 0 Å². The van der Waals surface area contributed by atoms with Gasteiger partial charge in [-0.15, -0.1) is 11.3 Å². The van der Waals surface area contributed by atoms with Gasteiger partial charge in [0, 0.05) is 18.2 Å².